The SMILES string of the molecule is CC1=[C](/[Zr+2](=[C](\C)c2ccccc2)[c]2c(C(C)(C)C)ccc3c2Cc2cc(C(C)(C)C)ccc2-3)C(C)C=C1C(C)(C)C.[Cl-].[Cl-]. The summed E-state index contributed by atoms with van der Waals surface area (Å²) >= 11 is -2.65. The van der Waals surface area contributed by atoms with Gasteiger partial charge in [-0.15, -0.1) is 0 Å². The molecule has 0 saturated heterocycles. The third-order valence-corrected chi connectivity index (χ3v) is 17.9. The minimum absolute atomic E-state index is 0. The molecule has 0 nitrogen and oxygen atoms in total. The van der Waals surface area contributed by atoms with Crippen LogP contribution in [0.1, 0.15) is 111 Å². The van der Waals surface area contributed by atoms with E-state index < -0.39 is 21.3 Å². The summed E-state index contributed by atoms with van der Waals surface area (Å²) in [7, 11) is 0. The van der Waals surface area contributed by atoms with Gasteiger partial charge in [0.05, 0.1) is 0 Å². The first-order valence-electron chi connectivity index (χ1n) is 15.5. The fourth-order valence-corrected chi connectivity index (χ4v) is 16.5. The Labute approximate surface area is 282 Å². The third-order valence-electron chi connectivity index (χ3n) is 9.34. The average molecular weight is 693 g/mol. The van der Waals surface area contributed by atoms with Crippen LogP contribution in [0.5, 0.6) is 0 Å². The number of hydrogen-bond donors (Lipinski definition) is 0. The summed E-state index contributed by atoms with van der Waals surface area (Å²) in [5.41, 5.74) is 14.0. The van der Waals surface area contributed by atoms with Gasteiger partial charge in [0.15, 0.2) is 0 Å². The Balaban J connectivity index is 0.00000253. The maximum atomic E-state index is 2.60. The number of halogens is 2. The molecular formula is C40H50Cl2Zr. The smallest absolute Gasteiger partial charge is 1.00 e. The van der Waals surface area contributed by atoms with E-state index in [4.69, 9.17) is 0 Å². The second-order valence-electron chi connectivity index (χ2n) is 15.6. The minimum Gasteiger partial charge on any atom is -1.00 e. The van der Waals surface area contributed by atoms with Gasteiger partial charge in [-0.3, -0.25) is 0 Å². The molecule has 3 heteroatoms. The molecule has 5 rings (SSSR count). The summed E-state index contributed by atoms with van der Waals surface area (Å²) in [6.07, 6.45) is 3.66. The standard InChI is InChI=1S/C21H25.C11H17.C8H8.2ClH.Zr/c1-20(2,3)16-7-9-18-14(12-16)11-15-13-17(21(4,5)6)8-10-19(15)18;1-8-6-9(2)10(7-8)11(3,4)5;1-2-8-6-4-3-5-7-8;;;/h7-10,12H,11H2,1-6H3;7-8H,1-5H3;3-7H,1H3;2*1H;/q;;;;;+2/p-2. The van der Waals surface area contributed by atoms with Gasteiger partial charge in [0, 0.05) is 0 Å². The molecule has 0 fully saturated rings. The molecule has 0 amide bonds. The summed E-state index contributed by atoms with van der Waals surface area (Å²) in [6, 6.07) is 23.6. The second-order valence-corrected chi connectivity index (χ2v) is 21.8. The number of allylic oxidation sites excluding steroid dienone is 4. The average Bonchev–Trinajstić information content (AvgIpc) is 3.40. The van der Waals surface area contributed by atoms with Gasteiger partial charge in [0.1, 0.15) is 0 Å². The van der Waals surface area contributed by atoms with Crippen LogP contribution in [0.3, 0.4) is 0 Å². The number of fused-ring (bicyclic) bond motifs is 3. The summed E-state index contributed by atoms with van der Waals surface area (Å²) in [5, 5.41) is 0. The number of hydrogen-bond acceptors (Lipinski definition) is 0. The van der Waals surface area contributed by atoms with Gasteiger partial charge in [0.2, 0.25) is 0 Å². The van der Waals surface area contributed by atoms with Gasteiger partial charge < -0.3 is 24.8 Å². The van der Waals surface area contributed by atoms with Crippen LogP contribution in [0.2, 0.25) is 0 Å². The Morgan fingerprint density at radius 2 is 1.35 bits per heavy atom. The molecule has 0 saturated carbocycles. The molecule has 0 spiro atoms. The van der Waals surface area contributed by atoms with Crippen molar-refractivity contribution in [3.63, 3.8) is 0 Å². The molecule has 0 aliphatic heterocycles. The van der Waals surface area contributed by atoms with Crippen molar-refractivity contribution in [1.29, 1.82) is 0 Å². The summed E-state index contributed by atoms with van der Waals surface area (Å²) in [4.78, 5) is 0. The maximum absolute atomic E-state index is 2.65. The first-order chi connectivity index (χ1) is 19.0. The Bertz CT molecular complexity index is 1610. The van der Waals surface area contributed by atoms with Crippen LogP contribution in [0.25, 0.3) is 11.1 Å². The quantitative estimate of drug-likeness (QED) is 0.302. The zero-order valence-electron chi connectivity index (χ0n) is 28.4. The van der Waals surface area contributed by atoms with Crippen LogP contribution in [0, 0.1) is 11.3 Å². The largest absolute Gasteiger partial charge is 1.00 e. The maximum Gasteiger partial charge on any atom is -1.00 e. The molecule has 228 valence electrons. The number of benzene rings is 3. The van der Waals surface area contributed by atoms with Crippen molar-refractivity contribution in [2.75, 3.05) is 0 Å². The normalized spacial score (nSPS) is 16.6. The Morgan fingerprint density at radius 3 is 1.88 bits per heavy atom. The minimum atomic E-state index is -2.65. The van der Waals surface area contributed by atoms with E-state index in [1.165, 1.54) is 27.8 Å². The molecule has 0 heterocycles. The van der Waals surface area contributed by atoms with Crippen LogP contribution in [-0.2, 0) is 38.5 Å². The summed E-state index contributed by atoms with van der Waals surface area (Å²) in [6.45, 7) is 28.8. The van der Waals surface area contributed by atoms with Crippen molar-refractivity contribution in [1.82, 2.24) is 0 Å². The van der Waals surface area contributed by atoms with Gasteiger partial charge in [-0.25, -0.2) is 0 Å². The van der Waals surface area contributed by atoms with E-state index in [9.17, 15) is 0 Å². The Kier molecular flexibility index (Phi) is 10.6. The molecule has 43 heavy (non-hydrogen) atoms. The first kappa shape index (κ1) is 35.9. The zero-order valence-corrected chi connectivity index (χ0v) is 32.4. The van der Waals surface area contributed by atoms with Crippen molar-refractivity contribution < 1.29 is 46.1 Å². The molecule has 0 radical (unpaired) electrons. The van der Waals surface area contributed by atoms with Gasteiger partial charge in [0.25, 0.3) is 0 Å². The molecule has 3 aromatic carbocycles. The molecule has 2 aliphatic carbocycles. The molecular weight excluding hydrogens is 643 g/mol. The molecule has 0 bridgehead atoms. The van der Waals surface area contributed by atoms with Crippen molar-refractivity contribution in [2.45, 2.75) is 100 Å². The Morgan fingerprint density at radius 1 is 0.744 bits per heavy atom. The fourth-order valence-electron chi connectivity index (χ4n) is 7.18. The van der Waals surface area contributed by atoms with E-state index >= 15 is 0 Å². The Hall–Kier alpha value is -1.53. The van der Waals surface area contributed by atoms with Crippen LogP contribution in [0.15, 0.2) is 81.2 Å². The van der Waals surface area contributed by atoms with E-state index in [1.54, 1.807) is 32.0 Å². The second kappa shape index (κ2) is 12.7. The fraction of sp³-hybridized carbons (Fsp3) is 0.425. The molecule has 2 aliphatic rings. The molecule has 0 aromatic heterocycles. The van der Waals surface area contributed by atoms with Gasteiger partial charge in [-0.1, -0.05) is 0 Å². The van der Waals surface area contributed by atoms with E-state index in [1.807, 2.05) is 0 Å². The van der Waals surface area contributed by atoms with Crippen LogP contribution < -0.4 is 28.1 Å². The van der Waals surface area contributed by atoms with Gasteiger partial charge >= 0.3 is 260 Å². The molecule has 1 unspecified atom stereocenters. The summed E-state index contributed by atoms with van der Waals surface area (Å²) in [5.74, 6) is 0.484. The van der Waals surface area contributed by atoms with Gasteiger partial charge in [-0.05, 0) is 0 Å². The third kappa shape index (κ3) is 6.71. The van der Waals surface area contributed by atoms with Crippen molar-refractivity contribution in [3.05, 3.63) is 109 Å². The molecule has 1 atom stereocenters. The predicted octanol–water partition coefficient (Wildman–Crippen LogP) is 4.24. The van der Waals surface area contributed by atoms with Crippen LogP contribution >= 0.6 is 0 Å². The van der Waals surface area contributed by atoms with E-state index in [-0.39, 0.29) is 41.1 Å². The van der Waals surface area contributed by atoms with E-state index in [2.05, 4.69) is 150 Å². The van der Waals surface area contributed by atoms with Crippen LogP contribution in [-0.4, -0.2) is 3.21 Å². The first-order valence-corrected chi connectivity index (χ1v) is 19.2. The van der Waals surface area contributed by atoms with Crippen LogP contribution in [0.4, 0.5) is 0 Å². The summed E-state index contributed by atoms with van der Waals surface area (Å²) < 4.78 is 5.18. The van der Waals surface area contributed by atoms with E-state index in [0.717, 1.165) is 6.42 Å². The predicted molar refractivity (Wildman–Crippen MR) is 177 cm³/mol. The van der Waals surface area contributed by atoms with Gasteiger partial charge in [-0.2, -0.15) is 0 Å². The van der Waals surface area contributed by atoms with Crippen molar-refractivity contribution in [2.24, 2.45) is 11.3 Å². The monoisotopic (exact) mass is 690 g/mol. The molecule has 3 aromatic rings. The topological polar surface area (TPSA) is 0 Å². The number of rotatable bonds is 3. The van der Waals surface area contributed by atoms with E-state index in [0.29, 0.717) is 5.92 Å². The zero-order chi connectivity index (χ0) is 30.1. The van der Waals surface area contributed by atoms with Crippen molar-refractivity contribution in [3.8, 4) is 11.1 Å². The van der Waals surface area contributed by atoms with Crippen molar-refractivity contribution >= 4 is 6.48 Å². The molecule has 0 N–H and O–H groups in total.